The van der Waals surface area contributed by atoms with Crippen LogP contribution in [0.25, 0.3) is 11.3 Å². The molecular weight excluding hydrogens is 357 g/mol. The van der Waals surface area contributed by atoms with Gasteiger partial charge in [0.25, 0.3) is 0 Å². The summed E-state index contributed by atoms with van der Waals surface area (Å²) in [6, 6.07) is 9.65. The van der Waals surface area contributed by atoms with Gasteiger partial charge in [-0.2, -0.15) is 0 Å². The van der Waals surface area contributed by atoms with Crippen LogP contribution in [0.15, 0.2) is 36.5 Å². The summed E-state index contributed by atoms with van der Waals surface area (Å²) in [6.07, 6.45) is 14.9. The Morgan fingerprint density at radius 3 is 2.45 bits per heavy atom. The van der Waals surface area contributed by atoms with Crippen molar-refractivity contribution in [2.45, 2.75) is 85.0 Å². The van der Waals surface area contributed by atoms with Gasteiger partial charge in [0.05, 0.1) is 5.69 Å². The number of aromatic nitrogens is 1. The van der Waals surface area contributed by atoms with E-state index in [0.717, 1.165) is 35.3 Å². The van der Waals surface area contributed by atoms with Crippen LogP contribution < -0.4 is 0 Å². The molecule has 0 bridgehead atoms. The van der Waals surface area contributed by atoms with Gasteiger partial charge in [-0.3, -0.25) is 4.98 Å². The monoisotopic (exact) mass is 395 g/mol. The van der Waals surface area contributed by atoms with Crippen LogP contribution in [0, 0.1) is 30.5 Å². The van der Waals surface area contributed by atoms with Crippen molar-refractivity contribution < 1.29 is 4.39 Å². The molecule has 1 aromatic carbocycles. The highest BCUT2D eigenvalue weighted by Crippen LogP contribution is 2.41. The fraction of sp³-hybridized carbons (Fsp3) is 0.593. The lowest BCUT2D eigenvalue weighted by atomic mass is 9.68. The number of rotatable bonds is 9. The Bertz CT molecular complexity index is 746. The zero-order valence-electron chi connectivity index (χ0n) is 18.6. The number of benzene rings is 1. The molecule has 29 heavy (non-hydrogen) atoms. The van der Waals surface area contributed by atoms with E-state index in [4.69, 9.17) is 0 Å². The second-order valence-corrected chi connectivity index (χ2v) is 9.12. The summed E-state index contributed by atoms with van der Waals surface area (Å²) < 4.78 is 14.8. The maximum Gasteiger partial charge on any atom is 0.132 e. The van der Waals surface area contributed by atoms with Gasteiger partial charge in [-0.15, -0.1) is 0 Å². The highest BCUT2D eigenvalue weighted by molar-refractivity contribution is 5.60. The first kappa shape index (κ1) is 22.0. The van der Waals surface area contributed by atoms with Crippen molar-refractivity contribution in [1.29, 1.82) is 0 Å². The second kappa shape index (κ2) is 10.9. The van der Waals surface area contributed by atoms with Gasteiger partial charge in [0, 0.05) is 11.8 Å². The van der Waals surface area contributed by atoms with Crippen LogP contribution in [0.5, 0.6) is 0 Å². The summed E-state index contributed by atoms with van der Waals surface area (Å²) >= 11 is 0. The van der Waals surface area contributed by atoms with Gasteiger partial charge in [-0.05, 0) is 73.3 Å². The second-order valence-electron chi connectivity index (χ2n) is 9.12. The van der Waals surface area contributed by atoms with Gasteiger partial charge in [0.2, 0.25) is 0 Å². The Labute approximate surface area is 177 Å². The normalized spacial score (nSPS) is 19.6. The molecular formula is C27H38FN. The zero-order valence-corrected chi connectivity index (χ0v) is 18.6. The third kappa shape index (κ3) is 5.90. The SMILES string of the molecule is CCCC(CCC)[C@@H]1CCCC[C@H]1CCc1ccc(-c2ccc(C)cn2)c(F)c1. The van der Waals surface area contributed by atoms with Crippen molar-refractivity contribution in [3.8, 4) is 11.3 Å². The highest BCUT2D eigenvalue weighted by atomic mass is 19.1. The Kier molecular flexibility index (Phi) is 8.27. The van der Waals surface area contributed by atoms with E-state index < -0.39 is 0 Å². The topological polar surface area (TPSA) is 12.9 Å². The first-order valence-electron chi connectivity index (χ1n) is 11.8. The molecule has 1 fully saturated rings. The molecule has 0 unspecified atom stereocenters. The van der Waals surface area contributed by atoms with Crippen LogP contribution in [-0.4, -0.2) is 4.98 Å². The molecule has 158 valence electrons. The summed E-state index contributed by atoms with van der Waals surface area (Å²) in [4.78, 5) is 4.38. The summed E-state index contributed by atoms with van der Waals surface area (Å²) in [5.74, 6) is 2.44. The summed E-state index contributed by atoms with van der Waals surface area (Å²) in [7, 11) is 0. The molecule has 2 aromatic rings. The first-order valence-corrected chi connectivity index (χ1v) is 11.8. The number of nitrogens with zero attached hydrogens (tertiary/aromatic N) is 1. The maximum absolute atomic E-state index is 14.8. The highest BCUT2D eigenvalue weighted by Gasteiger charge is 2.30. The smallest absolute Gasteiger partial charge is 0.132 e. The molecule has 0 aliphatic heterocycles. The van der Waals surface area contributed by atoms with E-state index >= 15 is 0 Å². The van der Waals surface area contributed by atoms with Crippen LogP contribution in [0.4, 0.5) is 4.39 Å². The molecule has 1 heterocycles. The summed E-state index contributed by atoms with van der Waals surface area (Å²) in [6.45, 7) is 6.65. The molecule has 0 radical (unpaired) electrons. The first-order chi connectivity index (χ1) is 14.1. The predicted molar refractivity (Wildman–Crippen MR) is 121 cm³/mol. The fourth-order valence-corrected chi connectivity index (χ4v) is 5.43. The number of halogens is 1. The molecule has 1 nitrogen and oxygen atoms in total. The lowest BCUT2D eigenvalue weighted by Gasteiger charge is -2.37. The predicted octanol–water partition coefficient (Wildman–Crippen LogP) is 8.15. The molecule has 0 amide bonds. The lowest BCUT2D eigenvalue weighted by molar-refractivity contribution is 0.136. The van der Waals surface area contributed by atoms with E-state index in [0.29, 0.717) is 11.3 Å². The van der Waals surface area contributed by atoms with Gasteiger partial charge in [-0.25, -0.2) is 4.39 Å². The molecule has 2 atom stereocenters. The van der Waals surface area contributed by atoms with Crippen LogP contribution in [0.1, 0.15) is 82.8 Å². The average Bonchev–Trinajstić information content (AvgIpc) is 2.73. The Morgan fingerprint density at radius 2 is 1.79 bits per heavy atom. The number of pyridine rings is 1. The van der Waals surface area contributed by atoms with E-state index in [-0.39, 0.29) is 5.82 Å². The van der Waals surface area contributed by atoms with E-state index in [1.54, 1.807) is 12.3 Å². The molecule has 1 saturated carbocycles. The number of hydrogen-bond acceptors (Lipinski definition) is 1. The Morgan fingerprint density at radius 1 is 1.03 bits per heavy atom. The van der Waals surface area contributed by atoms with Crippen molar-refractivity contribution in [1.82, 2.24) is 4.98 Å². The van der Waals surface area contributed by atoms with Gasteiger partial charge < -0.3 is 0 Å². The standard InChI is InChI=1S/C27H38FN/c1-4-8-22(9-5-2)24-11-7-6-10-23(24)15-13-21-14-16-25(26(28)18-21)27-17-12-20(3)19-29-27/h12,14,16-19,22-24H,4-11,13,15H2,1-3H3/t23-,24-/m0/s1. The number of hydrogen-bond donors (Lipinski definition) is 0. The van der Waals surface area contributed by atoms with Crippen molar-refractivity contribution in [3.05, 3.63) is 53.5 Å². The largest absolute Gasteiger partial charge is 0.256 e. The molecule has 0 saturated heterocycles. The van der Waals surface area contributed by atoms with Crippen molar-refractivity contribution in [2.24, 2.45) is 17.8 Å². The van der Waals surface area contributed by atoms with Gasteiger partial charge >= 0.3 is 0 Å². The third-order valence-electron chi connectivity index (χ3n) is 6.92. The van der Waals surface area contributed by atoms with E-state index in [1.807, 2.05) is 25.1 Å². The van der Waals surface area contributed by atoms with Crippen molar-refractivity contribution in [3.63, 3.8) is 0 Å². The van der Waals surface area contributed by atoms with E-state index in [2.05, 4.69) is 24.9 Å². The Balaban J connectivity index is 1.66. The molecule has 0 spiro atoms. The Hall–Kier alpha value is -1.70. The lowest BCUT2D eigenvalue weighted by Crippen LogP contribution is -2.27. The van der Waals surface area contributed by atoms with Crippen LogP contribution >= 0.6 is 0 Å². The number of aryl methyl sites for hydroxylation is 2. The summed E-state index contributed by atoms with van der Waals surface area (Å²) in [5, 5.41) is 0. The molecule has 3 rings (SSSR count). The van der Waals surface area contributed by atoms with Crippen LogP contribution in [0.3, 0.4) is 0 Å². The quantitative estimate of drug-likeness (QED) is 0.417. The average molecular weight is 396 g/mol. The maximum atomic E-state index is 14.8. The molecule has 2 heteroatoms. The minimum absolute atomic E-state index is 0.145. The van der Waals surface area contributed by atoms with Crippen molar-refractivity contribution in [2.75, 3.05) is 0 Å². The van der Waals surface area contributed by atoms with Gasteiger partial charge in [-0.1, -0.05) is 70.9 Å². The molecule has 0 N–H and O–H groups in total. The molecule has 1 aliphatic rings. The van der Waals surface area contributed by atoms with Crippen LogP contribution in [-0.2, 0) is 6.42 Å². The van der Waals surface area contributed by atoms with E-state index in [9.17, 15) is 4.39 Å². The zero-order chi connectivity index (χ0) is 20.6. The minimum Gasteiger partial charge on any atom is -0.256 e. The van der Waals surface area contributed by atoms with Crippen LogP contribution in [0.2, 0.25) is 0 Å². The third-order valence-corrected chi connectivity index (χ3v) is 6.92. The minimum atomic E-state index is -0.145. The van der Waals surface area contributed by atoms with Gasteiger partial charge in [0.1, 0.15) is 5.82 Å². The molecule has 1 aliphatic carbocycles. The molecule has 1 aromatic heterocycles. The summed E-state index contributed by atoms with van der Waals surface area (Å²) in [5.41, 5.74) is 3.55. The van der Waals surface area contributed by atoms with Gasteiger partial charge in [0.15, 0.2) is 0 Å². The van der Waals surface area contributed by atoms with Crippen molar-refractivity contribution >= 4 is 0 Å². The van der Waals surface area contributed by atoms with E-state index in [1.165, 1.54) is 57.8 Å². The fourth-order valence-electron chi connectivity index (χ4n) is 5.43.